The molecule has 2 unspecified atom stereocenters. The van der Waals surface area contributed by atoms with Gasteiger partial charge in [0.05, 0.1) is 24.6 Å². The van der Waals surface area contributed by atoms with Crippen LogP contribution in [0.15, 0.2) is 71.3 Å². The number of hydrogen-bond donors (Lipinski definition) is 3. The van der Waals surface area contributed by atoms with Gasteiger partial charge in [-0.05, 0) is 47.4 Å². The summed E-state index contributed by atoms with van der Waals surface area (Å²) in [5, 5.41) is 23.9. The van der Waals surface area contributed by atoms with Gasteiger partial charge in [-0.25, -0.2) is 9.37 Å². The lowest BCUT2D eigenvalue weighted by Crippen LogP contribution is -2.52. The molecule has 0 saturated carbocycles. The Labute approximate surface area is 280 Å². The quantitative estimate of drug-likeness (QED) is 0.193. The highest BCUT2D eigenvalue weighted by molar-refractivity contribution is 6.28. The molecule has 2 aromatic carbocycles. The summed E-state index contributed by atoms with van der Waals surface area (Å²) in [6.45, 7) is 2.95. The SMILES string of the molecule is COc1cc(C(=O)NC2(c3nc4cc(CN5CC(F)C5)cc(C#N)c4o3)C=CC=C(c3ccccc3C)C2Cl)ncc1CNCC(=O)O. The summed E-state index contributed by atoms with van der Waals surface area (Å²) >= 11 is 7.34. The monoisotopic (exact) mass is 670 g/mol. The number of allylic oxidation sites excluding steroid dienone is 2. The highest BCUT2D eigenvalue weighted by Crippen LogP contribution is 2.43. The highest BCUT2D eigenvalue weighted by Gasteiger charge is 2.47. The van der Waals surface area contributed by atoms with E-state index in [4.69, 9.17) is 30.8 Å². The molecule has 2 aliphatic rings. The number of amides is 1. The van der Waals surface area contributed by atoms with Crippen LogP contribution in [0.25, 0.3) is 16.7 Å². The van der Waals surface area contributed by atoms with Crippen molar-refractivity contribution < 1.29 is 28.2 Å². The number of nitriles is 1. The highest BCUT2D eigenvalue weighted by atomic mass is 35.5. The molecule has 13 heteroatoms. The van der Waals surface area contributed by atoms with E-state index in [9.17, 15) is 19.2 Å². The van der Waals surface area contributed by atoms with Crippen LogP contribution in [-0.2, 0) is 23.4 Å². The van der Waals surface area contributed by atoms with Crippen LogP contribution < -0.4 is 15.4 Å². The van der Waals surface area contributed by atoms with Gasteiger partial charge < -0.3 is 24.9 Å². The number of alkyl halides is 2. The van der Waals surface area contributed by atoms with Crippen LogP contribution >= 0.6 is 11.6 Å². The number of methoxy groups -OCH3 is 1. The number of aliphatic carboxylic acids is 1. The van der Waals surface area contributed by atoms with Crippen LogP contribution in [0.2, 0.25) is 0 Å². The molecule has 1 aliphatic carbocycles. The van der Waals surface area contributed by atoms with Gasteiger partial charge in [-0.1, -0.05) is 36.4 Å². The zero-order valence-electron chi connectivity index (χ0n) is 26.2. The number of carbonyl (C=O) groups is 2. The van der Waals surface area contributed by atoms with Gasteiger partial charge in [0.25, 0.3) is 5.91 Å². The van der Waals surface area contributed by atoms with Crippen LogP contribution in [0.5, 0.6) is 5.75 Å². The molecule has 2 atom stereocenters. The van der Waals surface area contributed by atoms with E-state index in [2.05, 4.69) is 21.7 Å². The Morgan fingerprint density at radius 1 is 1.27 bits per heavy atom. The lowest BCUT2D eigenvalue weighted by Gasteiger charge is -2.36. The summed E-state index contributed by atoms with van der Waals surface area (Å²) in [6.07, 6.45) is 5.92. The van der Waals surface area contributed by atoms with E-state index in [1.165, 1.54) is 19.4 Å². The van der Waals surface area contributed by atoms with E-state index in [1.807, 2.05) is 42.2 Å². The molecular weight excluding hydrogens is 639 g/mol. The van der Waals surface area contributed by atoms with Crippen molar-refractivity contribution in [1.82, 2.24) is 25.5 Å². The summed E-state index contributed by atoms with van der Waals surface area (Å²) in [6, 6.07) is 14.9. The Balaban J connectivity index is 1.40. The van der Waals surface area contributed by atoms with Gasteiger partial charge in [0.2, 0.25) is 5.89 Å². The molecule has 4 aromatic rings. The molecule has 3 heterocycles. The first-order chi connectivity index (χ1) is 23.1. The van der Waals surface area contributed by atoms with Gasteiger partial charge in [0.1, 0.15) is 29.2 Å². The number of ether oxygens (including phenoxy) is 1. The standard InChI is InChI=1S/C35H32ClFN6O5/c1-20-6-3-4-7-25(20)26-8-5-9-35(32(26)36,42-33(46)28-12-29(47-2)23(15-40-28)14-39-16-30(44)45)34-41-27-11-21(17-43-18-24(37)19-43)10-22(13-38)31(27)48-34/h3-12,15,24,32,39H,14,16-19H2,1-2H3,(H,42,46)(H,44,45). The minimum atomic E-state index is -1.54. The van der Waals surface area contributed by atoms with Gasteiger partial charge in [0, 0.05) is 44.0 Å². The van der Waals surface area contributed by atoms with Gasteiger partial charge in [-0.15, -0.1) is 11.6 Å². The zero-order valence-corrected chi connectivity index (χ0v) is 26.9. The lowest BCUT2D eigenvalue weighted by molar-refractivity contribution is -0.136. The first-order valence-electron chi connectivity index (χ1n) is 15.2. The first kappa shape index (κ1) is 32.8. The molecule has 0 radical (unpaired) electrons. The molecule has 0 spiro atoms. The molecule has 6 rings (SSSR count). The number of aromatic nitrogens is 2. The van der Waals surface area contributed by atoms with Crippen molar-refractivity contribution in [3.8, 4) is 11.8 Å². The normalized spacial score (nSPS) is 19.4. The Bertz CT molecular complexity index is 2000. The number of aryl methyl sites for hydroxylation is 1. The smallest absolute Gasteiger partial charge is 0.317 e. The van der Waals surface area contributed by atoms with Gasteiger partial charge in [0.15, 0.2) is 11.1 Å². The van der Waals surface area contributed by atoms with Crippen LogP contribution in [0.3, 0.4) is 0 Å². The van der Waals surface area contributed by atoms with Crippen LogP contribution in [0.4, 0.5) is 4.39 Å². The molecule has 246 valence electrons. The molecule has 1 saturated heterocycles. The van der Waals surface area contributed by atoms with Crippen molar-refractivity contribution in [2.75, 3.05) is 26.7 Å². The number of nitrogens with one attached hydrogen (secondary N) is 2. The second-order valence-corrected chi connectivity index (χ2v) is 12.2. The summed E-state index contributed by atoms with van der Waals surface area (Å²) in [5.74, 6) is -1.23. The summed E-state index contributed by atoms with van der Waals surface area (Å²) in [4.78, 5) is 36.0. The fourth-order valence-electron chi connectivity index (χ4n) is 5.98. The summed E-state index contributed by atoms with van der Waals surface area (Å²) in [5.41, 5.74) is 3.24. The van der Waals surface area contributed by atoms with Crippen molar-refractivity contribution in [2.24, 2.45) is 0 Å². The third-order valence-electron chi connectivity index (χ3n) is 8.42. The average Bonchev–Trinajstić information content (AvgIpc) is 3.50. The Morgan fingerprint density at radius 3 is 2.77 bits per heavy atom. The number of nitrogens with zero attached hydrogens (tertiary/aromatic N) is 4. The number of pyridine rings is 1. The molecule has 2 aromatic heterocycles. The van der Waals surface area contributed by atoms with Crippen LogP contribution in [0.1, 0.15) is 44.2 Å². The van der Waals surface area contributed by atoms with E-state index < -0.39 is 29.0 Å². The first-order valence-corrected chi connectivity index (χ1v) is 15.6. The molecule has 0 bridgehead atoms. The van der Waals surface area contributed by atoms with Crippen LogP contribution in [0, 0.1) is 18.3 Å². The molecule has 1 amide bonds. The molecule has 48 heavy (non-hydrogen) atoms. The maximum Gasteiger partial charge on any atom is 0.317 e. The minimum Gasteiger partial charge on any atom is -0.496 e. The van der Waals surface area contributed by atoms with E-state index >= 15 is 0 Å². The third kappa shape index (κ3) is 6.40. The number of carboxylic acids is 1. The number of carboxylic acid groups (broad SMARTS) is 1. The van der Waals surface area contributed by atoms with E-state index in [0.29, 0.717) is 42.0 Å². The number of fused-ring (bicyclic) bond motifs is 1. The van der Waals surface area contributed by atoms with Crippen LogP contribution in [-0.4, -0.2) is 70.1 Å². The third-order valence-corrected chi connectivity index (χ3v) is 8.99. The summed E-state index contributed by atoms with van der Waals surface area (Å²) < 4.78 is 25.3. The Hall–Kier alpha value is -5.09. The number of rotatable bonds is 11. The Kier molecular flexibility index (Phi) is 9.28. The second kappa shape index (κ2) is 13.6. The number of likely N-dealkylation sites (tertiary alicyclic amines) is 1. The number of carbonyl (C=O) groups excluding carboxylic acids is 1. The summed E-state index contributed by atoms with van der Waals surface area (Å²) in [7, 11) is 1.44. The number of halogens is 2. The van der Waals surface area contributed by atoms with E-state index in [0.717, 1.165) is 16.7 Å². The lowest BCUT2D eigenvalue weighted by atomic mass is 9.81. The topological polar surface area (TPSA) is 154 Å². The van der Waals surface area contributed by atoms with Gasteiger partial charge in [-0.2, -0.15) is 5.26 Å². The fourth-order valence-corrected chi connectivity index (χ4v) is 6.39. The molecule has 3 N–H and O–H groups in total. The zero-order chi connectivity index (χ0) is 34.0. The van der Waals surface area contributed by atoms with Crippen molar-refractivity contribution in [2.45, 2.75) is 37.1 Å². The number of oxazole rings is 1. The maximum absolute atomic E-state index is 14.0. The maximum atomic E-state index is 14.0. The van der Waals surface area contributed by atoms with Gasteiger partial charge in [-0.3, -0.25) is 19.5 Å². The predicted octanol–water partition coefficient (Wildman–Crippen LogP) is 4.63. The molecule has 1 aliphatic heterocycles. The number of benzene rings is 2. The van der Waals surface area contributed by atoms with Gasteiger partial charge >= 0.3 is 5.97 Å². The largest absolute Gasteiger partial charge is 0.496 e. The van der Waals surface area contributed by atoms with Crippen molar-refractivity contribution >= 4 is 40.2 Å². The minimum absolute atomic E-state index is 0.00861. The van der Waals surface area contributed by atoms with Crippen molar-refractivity contribution in [1.29, 1.82) is 5.26 Å². The second-order valence-electron chi connectivity index (χ2n) is 11.8. The van der Waals surface area contributed by atoms with E-state index in [-0.39, 0.29) is 35.8 Å². The van der Waals surface area contributed by atoms with Crippen molar-refractivity contribution in [3.05, 3.63) is 106 Å². The van der Waals surface area contributed by atoms with Crippen molar-refractivity contribution in [3.63, 3.8) is 0 Å². The molecule has 1 fully saturated rings. The molecular formula is C35H32ClFN6O5. The average molecular weight is 671 g/mol. The Morgan fingerprint density at radius 2 is 2.06 bits per heavy atom. The number of hydrogen-bond acceptors (Lipinski definition) is 9. The van der Waals surface area contributed by atoms with E-state index in [1.54, 1.807) is 24.3 Å². The molecule has 11 nitrogen and oxygen atoms in total. The fraction of sp³-hybridized carbons (Fsp3) is 0.286. The predicted molar refractivity (Wildman–Crippen MR) is 176 cm³/mol.